The highest BCUT2D eigenvalue weighted by Gasteiger charge is 2.26. The Hall–Kier alpha value is -0.470. The maximum absolute atomic E-state index is 12.4. The molecule has 0 aromatic carbocycles. The molecule has 0 saturated carbocycles. The van der Waals surface area contributed by atoms with E-state index in [1.165, 1.54) is 0 Å². The van der Waals surface area contributed by atoms with Crippen molar-refractivity contribution in [3.8, 4) is 0 Å². The Morgan fingerprint density at radius 3 is 2.40 bits per heavy atom. The van der Waals surface area contributed by atoms with Gasteiger partial charge in [-0.25, -0.2) is 17.2 Å². The molecule has 0 aliphatic carbocycles. The van der Waals surface area contributed by atoms with Gasteiger partial charge in [0.05, 0.1) is 5.56 Å². The molecule has 0 atom stereocenters. The highest BCUT2D eigenvalue weighted by Crippen LogP contribution is 2.31. The molecule has 0 radical (unpaired) electrons. The summed E-state index contributed by atoms with van der Waals surface area (Å²) in [5.41, 5.74) is -1.70. The van der Waals surface area contributed by atoms with Gasteiger partial charge in [-0.05, 0) is 15.9 Å². The SMILES string of the molecule is O=c1[nH]cc(C(F)F)c(S(=O)(=O)Cl)c1Br. The van der Waals surface area contributed by atoms with Crippen molar-refractivity contribution in [1.82, 2.24) is 4.98 Å². The average Bonchev–Trinajstić information content (AvgIpc) is 2.06. The van der Waals surface area contributed by atoms with Crippen molar-refractivity contribution in [2.75, 3.05) is 0 Å². The third kappa shape index (κ3) is 2.56. The van der Waals surface area contributed by atoms with Gasteiger partial charge in [0.25, 0.3) is 21.0 Å². The highest BCUT2D eigenvalue weighted by atomic mass is 79.9. The molecule has 0 aliphatic rings. The van der Waals surface area contributed by atoms with Gasteiger partial charge in [-0.3, -0.25) is 4.79 Å². The second-order valence-corrected chi connectivity index (χ2v) is 5.75. The lowest BCUT2D eigenvalue weighted by Crippen LogP contribution is -2.13. The van der Waals surface area contributed by atoms with Gasteiger partial charge >= 0.3 is 0 Å². The van der Waals surface area contributed by atoms with Crippen molar-refractivity contribution in [2.24, 2.45) is 0 Å². The molecule has 0 unspecified atom stereocenters. The number of halogens is 4. The Morgan fingerprint density at radius 2 is 2.00 bits per heavy atom. The first kappa shape index (κ1) is 12.6. The summed E-state index contributed by atoms with van der Waals surface area (Å²) in [5.74, 6) is 0. The van der Waals surface area contributed by atoms with E-state index in [1.807, 2.05) is 4.98 Å². The molecule has 1 aromatic rings. The molecule has 0 bridgehead atoms. The Labute approximate surface area is 95.8 Å². The summed E-state index contributed by atoms with van der Waals surface area (Å²) in [7, 11) is 0.535. The monoisotopic (exact) mass is 321 g/mol. The second kappa shape index (κ2) is 4.18. The number of H-pyrrole nitrogens is 1. The number of hydrogen-bond acceptors (Lipinski definition) is 3. The van der Waals surface area contributed by atoms with Gasteiger partial charge in [0.15, 0.2) is 0 Å². The minimum absolute atomic E-state index is 0.532. The predicted molar refractivity (Wildman–Crippen MR) is 52.8 cm³/mol. The van der Waals surface area contributed by atoms with Crippen LogP contribution in [0.1, 0.15) is 12.0 Å². The molecule has 0 saturated heterocycles. The van der Waals surface area contributed by atoms with Crippen LogP contribution >= 0.6 is 26.6 Å². The van der Waals surface area contributed by atoms with E-state index in [2.05, 4.69) is 15.9 Å². The molecule has 1 heterocycles. The van der Waals surface area contributed by atoms with Crippen LogP contribution in [-0.2, 0) is 9.05 Å². The third-order valence-electron chi connectivity index (χ3n) is 1.50. The van der Waals surface area contributed by atoms with Crippen LogP contribution in [-0.4, -0.2) is 13.4 Å². The van der Waals surface area contributed by atoms with E-state index >= 15 is 0 Å². The highest BCUT2D eigenvalue weighted by molar-refractivity contribution is 9.10. The lowest BCUT2D eigenvalue weighted by molar-refractivity contribution is 0.147. The lowest BCUT2D eigenvalue weighted by atomic mass is 10.3. The zero-order valence-electron chi connectivity index (χ0n) is 6.80. The van der Waals surface area contributed by atoms with Crippen molar-refractivity contribution in [3.05, 3.63) is 26.6 Å². The molecule has 1 aromatic heterocycles. The molecule has 1 rings (SSSR count). The van der Waals surface area contributed by atoms with E-state index < -0.39 is 36.0 Å². The van der Waals surface area contributed by atoms with Crippen molar-refractivity contribution in [2.45, 2.75) is 11.3 Å². The first-order valence-corrected chi connectivity index (χ1v) is 6.49. The first-order chi connectivity index (χ1) is 6.75. The summed E-state index contributed by atoms with van der Waals surface area (Å²) in [6.07, 6.45) is -2.44. The zero-order chi connectivity index (χ0) is 11.8. The van der Waals surface area contributed by atoms with Gasteiger partial charge in [0, 0.05) is 16.9 Å². The summed E-state index contributed by atoms with van der Waals surface area (Å²) in [4.78, 5) is 12.0. The summed E-state index contributed by atoms with van der Waals surface area (Å²) in [5, 5.41) is 0. The summed E-state index contributed by atoms with van der Waals surface area (Å²) >= 11 is 2.59. The molecular formula is C6H3BrClF2NO3S. The standard InChI is InChI=1S/C6H3BrClF2NO3S/c7-3-4(15(8,13)14)2(5(9)10)1-11-6(3)12/h1,5H,(H,11,12). The predicted octanol–water partition coefficient (Wildman–Crippen LogP) is 2.00. The number of pyridine rings is 1. The number of nitrogens with one attached hydrogen (secondary N) is 1. The van der Waals surface area contributed by atoms with E-state index in [-0.39, 0.29) is 0 Å². The molecule has 0 amide bonds. The quantitative estimate of drug-likeness (QED) is 0.847. The fourth-order valence-electron chi connectivity index (χ4n) is 0.912. The molecule has 4 nitrogen and oxygen atoms in total. The van der Waals surface area contributed by atoms with Crippen LogP contribution in [0.4, 0.5) is 8.78 Å². The number of aromatic nitrogens is 1. The van der Waals surface area contributed by atoms with Gasteiger partial charge in [-0.1, -0.05) is 0 Å². The maximum atomic E-state index is 12.4. The van der Waals surface area contributed by atoms with Gasteiger partial charge in [-0.2, -0.15) is 0 Å². The molecular weight excluding hydrogens is 319 g/mol. The molecule has 15 heavy (non-hydrogen) atoms. The van der Waals surface area contributed by atoms with Crippen molar-refractivity contribution in [3.63, 3.8) is 0 Å². The Balaban J connectivity index is 3.73. The third-order valence-corrected chi connectivity index (χ3v) is 3.91. The first-order valence-electron chi connectivity index (χ1n) is 3.39. The van der Waals surface area contributed by atoms with E-state index in [0.717, 1.165) is 0 Å². The van der Waals surface area contributed by atoms with Crippen LogP contribution in [0.5, 0.6) is 0 Å². The molecule has 9 heteroatoms. The molecule has 0 spiro atoms. The summed E-state index contributed by atoms with van der Waals surface area (Å²) in [6, 6.07) is 0. The minimum Gasteiger partial charge on any atom is -0.328 e. The zero-order valence-corrected chi connectivity index (χ0v) is 9.96. The van der Waals surface area contributed by atoms with Crippen LogP contribution in [0.3, 0.4) is 0 Å². The van der Waals surface area contributed by atoms with Gasteiger partial charge in [-0.15, -0.1) is 0 Å². The van der Waals surface area contributed by atoms with Crippen LogP contribution in [0.25, 0.3) is 0 Å². The number of aromatic amines is 1. The normalized spacial score (nSPS) is 12.1. The van der Waals surface area contributed by atoms with Crippen molar-refractivity contribution in [1.29, 1.82) is 0 Å². The fraction of sp³-hybridized carbons (Fsp3) is 0.167. The Bertz CT molecular complexity index is 542. The van der Waals surface area contributed by atoms with Gasteiger partial charge in [0.2, 0.25) is 0 Å². The lowest BCUT2D eigenvalue weighted by Gasteiger charge is -2.06. The average molecular weight is 323 g/mol. The van der Waals surface area contributed by atoms with Crippen LogP contribution in [0.15, 0.2) is 20.4 Å². The fourth-order valence-corrected chi connectivity index (χ4v) is 3.41. The van der Waals surface area contributed by atoms with Crippen molar-refractivity contribution >= 4 is 35.7 Å². The van der Waals surface area contributed by atoms with E-state index in [1.54, 1.807) is 0 Å². The Morgan fingerprint density at radius 1 is 1.47 bits per heavy atom. The van der Waals surface area contributed by atoms with Crippen LogP contribution in [0.2, 0.25) is 0 Å². The van der Waals surface area contributed by atoms with Gasteiger partial charge in [0.1, 0.15) is 9.37 Å². The summed E-state index contributed by atoms with van der Waals surface area (Å²) in [6.45, 7) is 0. The van der Waals surface area contributed by atoms with E-state index in [4.69, 9.17) is 10.7 Å². The maximum Gasteiger partial charge on any atom is 0.266 e. The molecule has 1 N–H and O–H groups in total. The summed E-state index contributed by atoms with van der Waals surface area (Å²) < 4.78 is 46.2. The largest absolute Gasteiger partial charge is 0.328 e. The molecule has 0 aliphatic heterocycles. The van der Waals surface area contributed by atoms with E-state index in [9.17, 15) is 22.0 Å². The van der Waals surface area contributed by atoms with Crippen LogP contribution in [0, 0.1) is 0 Å². The second-order valence-electron chi connectivity index (χ2n) is 2.45. The van der Waals surface area contributed by atoms with Crippen molar-refractivity contribution < 1.29 is 17.2 Å². The Kier molecular flexibility index (Phi) is 3.51. The topological polar surface area (TPSA) is 67.0 Å². The van der Waals surface area contributed by atoms with E-state index in [0.29, 0.717) is 6.20 Å². The minimum atomic E-state index is -4.41. The molecule has 0 fully saturated rings. The molecule has 84 valence electrons. The number of hydrogen-bond donors (Lipinski definition) is 1. The number of alkyl halides is 2. The van der Waals surface area contributed by atoms with Crippen LogP contribution < -0.4 is 5.56 Å². The smallest absolute Gasteiger partial charge is 0.266 e. The number of rotatable bonds is 2. The van der Waals surface area contributed by atoms with Gasteiger partial charge < -0.3 is 4.98 Å².